The van der Waals surface area contributed by atoms with Gasteiger partial charge in [0.1, 0.15) is 0 Å². The second-order valence-electron chi connectivity index (χ2n) is 4.74. The van der Waals surface area contributed by atoms with Crippen LogP contribution in [0.4, 0.5) is 0 Å². The SMILES string of the molecule is CC(C)(CBr)NS(=O)(=O)C(C)(C)C. The molecule has 0 unspecified atom stereocenters. The predicted octanol–water partition coefficient (Wildman–Crippen LogP) is 1.88. The molecule has 0 saturated heterocycles. The first-order chi connectivity index (χ1) is 5.52. The number of rotatable bonds is 3. The van der Waals surface area contributed by atoms with Crippen LogP contribution in [0.25, 0.3) is 0 Å². The minimum absolute atomic E-state index is 0.438. The Labute approximate surface area is 89.5 Å². The minimum Gasteiger partial charge on any atom is -0.212 e. The molecule has 0 fully saturated rings. The van der Waals surface area contributed by atoms with Gasteiger partial charge in [0.2, 0.25) is 10.0 Å². The van der Waals surface area contributed by atoms with E-state index in [0.29, 0.717) is 5.33 Å². The summed E-state index contributed by atoms with van der Waals surface area (Å²) in [5.74, 6) is 0. The molecule has 0 rings (SSSR count). The Hall–Kier alpha value is 0.390. The smallest absolute Gasteiger partial charge is 0.212 e. The summed E-state index contributed by atoms with van der Waals surface area (Å²) in [4.78, 5) is 0. The molecule has 0 aromatic carbocycles. The summed E-state index contributed by atoms with van der Waals surface area (Å²) in [5, 5.41) is 0.593. The number of nitrogens with one attached hydrogen (secondary N) is 1. The molecule has 0 aliphatic rings. The molecule has 0 spiro atoms. The maximum Gasteiger partial charge on any atom is 0.217 e. The van der Waals surface area contributed by atoms with Crippen LogP contribution in [0.2, 0.25) is 0 Å². The van der Waals surface area contributed by atoms with Gasteiger partial charge in [-0.2, -0.15) is 0 Å². The van der Waals surface area contributed by atoms with E-state index in [-0.39, 0.29) is 0 Å². The van der Waals surface area contributed by atoms with E-state index in [1.165, 1.54) is 0 Å². The highest BCUT2D eigenvalue weighted by molar-refractivity contribution is 9.09. The van der Waals surface area contributed by atoms with Gasteiger partial charge >= 0.3 is 0 Å². The zero-order valence-corrected chi connectivity index (χ0v) is 11.2. The lowest BCUT2D eigenvalue weighted by atomic mass is 10.1. The lowest BCUT2D eigenvalue weighted by Gasteiger charge is -2.28. The zero-order chi connectivity index (χ0) is 10.9. The van der Waals surface area contributed by atoms with Crippen molar-refractivity contribution in [2.45, 2.75) is 44.9 Å². The summed E-state index contributed by atoms with van der Waals surface area (Å²) in [6, 6.07) is 0. The topological polar surface area (TPSA) is 46.2 Å². The van der Waals surface area contributed by atoms with E-state index in [9.17, 15) is 8.42 Å². The van der Waals surface area contributed by atoms with Gasteiger partial charge in [0.05, 0.1) is 4.75 Å². The van der Waals surface area contributed by atoms with Crippen LogP contribution in [0.1, 0.15) is 34.6 Å². The molecule has 80 valence electrons. The van der Waals surface area contributed by atoms with Crippen molar-refractivity contribution in [1.82, 2.24) is 4.72 Å². The van der Waals surface area contributed by atoms with Crippen molar-refractivity contribution in [1.29, 1.82) is 0 Å². The van der Waals surface area contributed by atoms with Gasteiger partial charge in [-0.25, -0.2) is 13.1 Å². The summed E-state index contributed by atoms with van der Waals surface area (Å²) in [6.45, 7) is 8.72. The Morgan fingerprint density at radius 1 is 1.15 bits per heavy atom. The van der Waals surface area contributed by atoms with Gasteiger partial charge in [-0.15, -0.1) is 0 Å². The van der Waals surface area contributed by atoms with Crippen LogP contribution in [0.15, 0.2) is 0 Å². The van der Waals surface area contributed by atoms with Crippen molar-refractivity contribution >= 4 is 26.0 Å². The Balaban J connectivity index is 4.74. The molecule has 0 radical (unpaired) electrons. The van der Waals surface area contributed by atoms with E-state index >= 15 is 0 Å². The Bertz CT molecular complexity index is 264. The third kappa shape index (κ3) is 3.95. The normalized spacial score (nSPS) is 14.6. The van der Waals surface area contributed by atoms with Crippen molar-refractivity contribution < 1.29 is 8.42 Å². The van der Waals surface area contributed by atoms with E-state index in [1.807, 2.05) is 13.8 Å². The molecule has 0 aromatic heterocycles. The lowest BCUT2D eigenvalue weighted by Crippen LogP contribution is -2.50. The highest BCUT2D eigenvalue weighted by Gasteiger charge is 2.33. The maximum absolute atomic E-state index is 11.7. The zero-order valence-electron chi connectivity index (χ0n) is 8.81. The summed E-state index contributed by atoms with van der Waals surface area (Å²) < 4.78 is 25.3. The number of sulfonamides is 1. The van der Waals surface area contributed by atoms with Crippen molar-refractivity contribution in [2.24, 2.45) is 0 Å². The van der Waals surface area contributed by atoms with Crippen LogP contribution in [0.3, 0.4) is 0 Å². The van der Waals surface area contributed by atoms with Crippen LogP contribution in [0, 0.1) is 0 Å². The molecule has 1 N–H and O–H groups in total. The Morgan fingerprint density at radius 3 is 1.77 bits per heavy atom. The fraction of sp³-hybridized carbons (Fsp3) is 1.00. The highest BCUT2D eigenvalue weighted by atomic mass is 79.9. The minimum atomic E-state index is -3.25. The molecule has 0 aromatic rings. The van der Waals surface area contributed by atoms with Crippen LogP contribution >= 0.6 is 15.9 Å². The van der Waals surface area contributed by atoms with E-state index in [0.717, 1.165) is 0 Å². The van der Waals surface area contributed by atoms with Gasteiger partial charge in [-0.05, 0) is 34.6 Å². The molecule has 0 aliphatic carbocycles. The second-order valence-corrected chi connectivity index (χ2v) is 7.73. The molecule has 0 aliphatic heterocycles. The van der Waals surface area contributed by atoms with Crippen molar-refractivity contribution in [3.63, 3.8) is 0 Å². The Kier molecular flexibility index (Phi) is 3.98. The molecule has 0 heterocycles. The Morgan fingerprint density at radius 2 is 1.54 bits per heavy atom. The van der Waals surface area contributed by atoms with Crippen molar-refractivity contribution in [3.8, 4) is 0 Å². The number of alkyl halides is 1. The number of hydrogen-bond donors (Lipinski definition) is 1. The summed E-state index contributed by atoms with van der Waals surface area (Å²) in [5.41, 5.74) is -0.438. The molecular formula is C8H18BrNO2S. The van der Waals surface area contributed by atoms with E-state index in [2.05, 4.69) is 20.7 Å². The molecule has 0 amide bonds. The standard InChI is InChI=1S/C8H18BrNO2S/c1-7(2,3)13(11,12)10-8(4,5)6-9/h10H,6H2,1-5H3. The third-order valence-electron chi connectivity index (χ3n) is 1.55. The third-order valence-corrected chi connectivity index (χ3v) is 5.39. The first-order valence-electron chi connectivity index (χ1n) is 4.11. The fourth-order valence-corrected chi connectivity index (χ4v) is 1.98. The molecular weight excluding hydrogens is 254 g/mol. The molecule has 0 atom stereocenters. The molecule has 0 bridgehead atoms. The first-order valence-corrected chi connectivity index (χ1v) is 6.72. The molecule has 3 nitrogen and oxygen atoms in total. The monoisotopic (exact) mass is 271 g/mol. The first kappa shape index (κ1) is 13.4. The van der Waals surface area contributed by atoms with Gasteiger partial charge in [0.15, 0.2) is 0 Å². The quantitative estimate of drug-likeness (QED) is 0.797. The average molecular weight is 272 g/mol. The van der Waals surface area contributed by atoms with Crippen LogP contribution in [-0.4, -0.2) is 24.0 Å². The lowest BCUT2D eigenvalue weighted by molar-refractivity contribution is 0.480. The second kappa shape index (κ2) is 3.87. The molecule has 5 heteroatoms. The van der Waals surface area contributed by atoms with Gasteiger partial charge < -0.3 is 0 Å². The highest BCUT2D eigenvalue weighted by Crippen LogP contribution is 2.17. The van der Waals surface area contributed by atoms with Crippen LogP contribution in [0.5, 0.6) is 0 Å². The number of halogens is 1. The van der Waals surface area contributed by atoms with E-state index in [1.54, 1.807) is 20.8 Å². The van der Waals surface area contributed by atoms with Gasteiger partial charge in [0, 0.05) is 10.9 Å². The van der Waals surface area contributed by atoms with E-state index in [4.69, 9.17) is 0 Å². The predicted molar refractivity (Wildman–Crippen MR) is 59.7 cm³/mol. The van der Waals surface area contributed by atoms with Crippen molar-refractivity contribution in [2.75, 3.05) is 5.33 Å². The summed E-state index contributed by atoms with van der Waals surface area (Å²) >= 11 is 3.26. The molecule has 0 saturated carbocycles. The van der Waals surface area contributed by atoms with Crippen LogP contribution in [-0.2, 0) is 10.0 Å². The fourth-order valence-electron chi connectivity index (χ4n) is 0.544. The molecule has 13 heavy (non-hydrogen) atoms. The largest absolute Gasteiger partial charge is 0.217 e. The number of hydrogen-bond acceptors (Lipinski definition) is 2. The van der Waals surface area contributed by atoms with Gasteiger partial charge in [-0.3, -0.25) is 0 Å². The average Bonchev–Trinajstić information content (AvgIpc) is 1.83. The maximum atomic E-state index is 11.7. The van der Waals surface area contributed by atoms with Gasteiger partial charge in [0.25, 0.3) is 0 Å². The summed E-state index contributed by atoms with van der Waals surface area (Å²) in [7, 11) is -3.25. The van der Waals surface area contributed by atoms with Gasteiger partial charge in [-0.1, -0.05) is 15.9 Å². The van der Waals surface area contributed by atoms with Crippen LogP contribution < -0.4 is 4.72 Å². The van der Waals surface area contributed by atoms with E-state index < -0.39 is 20.3 Å². The van der Waals surface area contributed by atoms with Crippen molar-refractivity contribution in [3.05, 3.63) is 0 Å². The summed E-state index contributed by atoms with van der Waals surface area (Å²) in [6.07, 6.45) is 0.